The summed E-state index contributed by atoms with van der Waals surface area (Å²) >= 11 is 0. The number of hydrogen-bond acceptors (Lipinski definition) is 7. The summed E-state index contributed by atoms with van der Waals surface area (Å²) in [5, 5.41) is 6.60. The average molecular weight is 427 g/mol. The fraction of sp³-hybridized carbons (Fsp3) is 0.318. The molecule has 1 aromatic heterocycles. The van der Waals surface area contributed by atoms with Crippen LogP contribution in [0.1, 0.15) is 18.1 Å². The Labute approximate surface area is 183 Å². The molecule has 0 spiro atoms. The van der Waals surface area contributed by atoms with Crippen LogP contribution in [0.25, 0.3) is 0 Å². The number of anilines is 5. The molecular formula is C22H27ClN6O. The third-order valence-corrected chi connectivity index (χ3v) is 4.84. The minimum Gasteiger partial charge on any atom is -0.378 e. The van der Waals surface area contributed by atoms with Gasteiger partial charge >= 0.3 is 0 Å². The second kappa shape index (κ2) is 10.2. The Morgan fingerprint density at radius 3 is 1.90 bits per heavy atom. The normalized spacial score (nSPS) is 13.5. The summed E-state index contributed by atoms with van der Waals surface area (Å²) < 4.78 is 5.46. The molecule has 1 fully saturated rings. The molecule has 8 heteroatoms. The molecule has 4 rings (SSSR count). The number of nitrogens with zero attached hydrogens (tertiary/aromatic N) is 4. The molecule has 30 heavy (non-hydrogen) atoms. The van der Waals surface area contributed by atoms with Crippen LogP contribution in [0.15, 0.2) is 48.5 Å². The van der Waals surface area contributed by atoms with Crippen LogP contribution >= 0.6 is 12.4 Å². The molecule has 158 valence electrons. The standard InChI is InChI=1S/C22H26N6O.ClH/c1-3-17-6-10-19(11-7-17)24-21-25-20(23-18-8-4-16(2)5-9-18)26-22(27-21)28-12-14-29-15-13-28;/h4-11H,3,12-15H2,1-2H3,(H2,23,24,25,26,27);1H. The maximum atomic E-state index is 5.46. The van der Waals surface area contributed by atoms with Crippen molar-refractivity contribution >= 4 is 41.6 Å². The van der Waals surface area contributed by atoms with Gasteiger partial charge in [0.05, 0.1) is 13.2 Å². The van der Waals surface area contributed by atoms with Crippen LogP contribution in [-0.2, 0) is 11.2 Å². The van der Waals surface area contributed by atoms with E-state index in [1.807, 2.05) is 24.3 Å². The number of halogens is 1. The lowest BCUT2D eigenvalue weighted by Crippen LogP contribution is -2.37. The van der Waals surface area contributed by atoms with Crippen molar-refractivity contribution in [2.24, 2.45) is 0 Å². The van der Waals surface area contributed by atoms with E-state index in [2.05, 4.69) is 68.6 Å². The van der Waals surface area contributed by atoms with Crippen molar-refractivity contribution in [2.45, 2.75) is 20.3 Å². The summed E-state index contributed by atoms with van der Waals surface area (Å²) in [5.41, 5.74) is 4.38. The molecule has 0 amide bonds. The van der Waals surface area contributed by atoms with E-state index in [4.69, 9.17) is 4.74 Å². The van der Waals surface area contributed by atoms with Crippen LogP contribution in [0.3, 0.4) is 0 Å². The van der Waals surface area contributed by atoms with Gasteiger partial charge in [-0.25, -0.2) is 0 Å². The summed E-state index contributed by atoms with van der Waals surface area (Å²) in [4.78, 5) is 16.0. The second-order valence-electron chi connectivity index (χ2n) is 7.05. The van der Waals surface area contributed by atoms with Gasteiger partial charge in [-0.05, 0) is 43.2 Å². The van der Waals surface area contributed by atoms with Gasteiger partial charge in [0.1, 0.15) is 0 Å². The van der Waals surface area contributed by atoms with Crippen LogP contribution in [0, 0.1) is 6.92 Å². The summed E-state index contributed by atoms with van der Waals surface area (Å²) in [6, 6.07) is 16.5. The van der Waals surface area contributed by atoms with Gasteiger partial charge in [0.15, 0.2) is 0 Å². The summed E-state index contributed by atoms with van der Waals surface area (Å²) in [6.45, 7) is 7.08. The first-order valence-corrected chi connectivity index (χ1v) is 9.98. The fourth-order valence-corrected chi connectivity index (χ4v) is 3.10. The maximum Gasteiger partial charge on any atom is 0.233 e. The third-order valence-electron chi connectivity index (χ3n) is 4.84. The van der Waals surface area contributed by atoms with Crippen molar-refractivity contribution < 1.29 is 4.74 Å². The Balaban J connectivity index is 0.00000256. The lowest BCUT2D eigenvalue weighted by molar-refractivity contribution is 0.122. The number of nitrogens with one attached hydrogen (secondary N) is 2. The zero-order valence-electron chi connectivity index (χ0n) is 17.3. The first-order valence-electron chi connectivity index (χ1n) is 9.98. The number of aryl methyl sites for hydroxylation is 2. The van der Waals surface area contributed by atoms with E-state index in [1.165, 1.54) is 11.1 Å². The number of aromatic nitrogens is 3. The molecule has 1 aliphatic rings. The molecule has 1 saturated heterocycles. The van der Waals surface area contributed by atoms with Gasteiger partial charge in [-0.15, -0.1) is 12.4 Å². The topological polar surface area (TPSA) is 75.2 Å². The SMILES string of the molecule is CCc1ccc(Nc2nc(Nc3ccc(C)cc3)nc(N3CCOCC3)n2)cc1.Cl. The van der Waals surface area contributed by atoms with E-state index < -0.39 is 0 Å². The first kappa shape index (κ1) is 21.8. The molecular weight excluding hydrogens is 400 g/mol. The average Bonchev–Trinajstić information content (AvgIpc) is 2.76. The molecule has 7 nitrogen and oxygen atoms in total. The molecule has 2 heterocycles. The molecule has 0 radical (unpaired) electrons. The smallest absolute Gasteiger partial charge is 0.233 e. The van der Waals surface area contributed by atoms with Gasteiger partial charge < -0.3 is 20.3 Å². The Morgan fingerprint density at radius 1 is 0.833 bits per heavy atom. The Bertz CT molecular complexity index is 943. The molecule has 0 bridgehead atoms. The number of ether oxygens (including phenoxy) is 1. The molecule has 0 unspecified atom stereocenters. The second-order valence-corrected chi connectivity index (χ2v) is 7.05. The molecule has 2 N–H and O–H groups in total. The van der Waals surface area contributed by atoms with Gasteiger partial charge in [-0.2, -0.15) is 15.0 Å². The van der Waals surface area contributed by atoms with Crippen molar-refractivity contribution in [1.29, 1.82) is 0 Å². The van der Waals surface area contributed by atoms with Crippen molar-refractivity contribution in [3.05, 3.63) is 59.7 Å². The van der Waals surface area contributed by atoms with E-state index in [0.29, 0.717) is 31.1 Å². The Morgan fingerprint density at radius 2 is 1.37 bits per heavy atom. The molecule has 0 saturated carbocycles. The summed E-state index contributed by atoms with van der Waals surface area (Å²) in [7, 11) is 0. The molecule has 1 aliphatic heterocycles. The third kappa shape index (κ3) is 5.58. The van der Waals surface area contributed by atoms with Crippen LogP contribution in [0.4, 0.5) is 29.2 Å². The van der Waals surface area contributed by atoms with Gasteiger partial charge in [-0.1, -0.05) is 36.8 Å². The van der Waals surface area contributed by atoms with Gasteiger partial charge in [0, 0.05) is 24.5 Å². The molecule has 2 aromatic carbocycles. The number of rotatable bonds is 6. The van der Waals surface area contributed by atoms with Crippen LogP contribution in [-0.4, -0.2) is 41.3 Å². The van der Waals surface area contributed by atoms with Crippen molar-refractivity contribution in [2.75, 3.05) is 41.8 Å². The molecule has 0 aliphatic carbocycles. The van der Waals surface area contributed by atoms with Gasteiger partial charge in [0.25, 0.3) is 0 Å². The lowest BCUT2D eigenvalue weighted by Gasteiger charge is -2.27. The van der Waals surface area contributed by atoms with E-state index in [0.717, 1.165) is 30.9 Å². The van der Waals surface area contributed by atoms with Crippen LogP contribution in [0.2, 0.25) is 0 Å². The molecule has 0 atom stereocenters. The summed E-state index contributed by atoms with van der Waals surface area (Å²) in [5.74, 6) is 1.67. The minimum atomic E-state index is 0. The zero-order chi connectivity index (χ0) is 20.1. The number of hydrogen-bond donors (Lipinski definition) is 2. The highest BCUT2D eigenvalue weighted by Gasteiger charge is 2.17. The fourth-order valence-electron chi connectivity index (χ4n) is 3.10. The lowest BCUT2D eigenvalue weighted by atomic mass is 10.1. The highest BCUT2D eigenvalue weighted by atomic mass is 35.5. The quantitative estimate of drug-likeness (QED) is 0.601. The molecule has 3 aromatic rings. The first-order chi connectivity index (χ1) is 14.2. The largest absolute Gasteiger partial charge is 0.378 e. The number of morpholine rings is 1. The van der Waals surface area contributed by atoms with Gasteiger partial charge in [0.2, 0.25) is 17.8 Å². The predicted octanol–water partition coefficient (Wildman–Crippen LogP) is 4.49. The van der Waals surface area contributed by atoms with E-state index in [9.17, 15) is 0 Å². The Hall–Kier alpha value is -2.90. The minimum absolute atomic E-state index is 0. The van der Waals surface area contributed by atoms with Crippen molar-refractivity contribution in [3.8, 4) is 0 Å². The van der Waals surface area contributed by atoms with Gasteiger partial charge in [-0.3, -0.25) is 0 Å². The van der Waals surface area contributed by atoms with Crippen molar-refractivity contribution in [1.82, 2.24) is 15.0 Å². The summed E-state index contributed by atoms with van der Waals surface area (Å²) in [6.07, 6.45) is 1.01. The van der Waals surface area contributed by atoms with Crippen LogP contribution < -0.4 is 15.5 Å². The highest BCUT2D eigenvalue weighted by molar-refractivity contribution is 5.85. The van der Waals surface area contributed by atoms with E-state index in [-0.39, 0.29) is 12.4 Å². The highest BCUT2D eigenvalue weighted by Crippen LogP contribution is 2.21. The van der Waals surface area contributed by atoms with E-state index >= 15 is 0 Å². The zero-order valence-corrected chi connectivity index (χ0v) is 18.1. The van der Waals surface area contributed by atoms with Crippen molar-refractivity contribution in [3.63, 3.8) is 0 Å². The van der Waals surface area contributed by atoms with E-state index in [1.54, 1.807) is 0 Å². The van der Waals surface area contributed by atoms with Crippen LogP contribution in [0.5, 0.6) is 0 Å². The predicted molar refractivity (Wildman–Crippen MR) is 124 cm³/mol. The monoisotopic (exact) mass is 426 g/mol. The number of benzene rings is 2. The maximum absolute atomic E-state index is 5.46. The Kier molecular flexibility index (Phi) is 7.43.